The van der Waals surface area contributed by atoms with Crippen molar-refractivity contribution < 1.29 is 0 Å². The van der Waals surface area contributed by atoms with Crippen LogP contribution in [-0.2, 0) is 0 Å². The average Bonchev–Trinajstić information content (AvgIpc) is 2.35. The molecule has 0 spiro atoms. The van der Waals surface area contributed by atoms with Gasteiger partial charge in [0.15, 0.2) is 0 Å². The van der Waals surface area contributed by atoms with E-state index in [4.69, 9.17) is 0 Å². The van der Waals surface area contributed by atoms with Crippen LogP contribution in [0.25, 0.3) is 0 Å². The molecule has 0 aromatic rings. The van der Waals surface area contributed by atoms with Crippen molar-refractivity contribution in [2.75, 3.05) is 13.1 Å². The third-order valence-corrected chi connectivity index (χ3v) is 3.44. The van der Waals surface area contributed by atoms with Crippen molar-refractivity contribution in [3.8, 4) is 0 Å². The molecule has 0 aromatic heterocycles. The van der Waals surface area contributed by atoms with Crippen LogP contribution >= 0.6 is 9.24 Å². The van der Waals surface area contributed by atoms with E-state index in [2.05, 4.69) is 14.1 Å². The van der Waals surface area contributed by atoms with Crippen molar-refractivity contribution in [1.29, 1.82) is 0 Å². The molecule has 9 heavy (non-hydrogen) atoms. The monoisotopic (exact) mass is 143 g/mol. The van der Waals surface area contributed by atoms with Crippen LogP contribution in [0, 0.1) is 0 Å². The van der Waals surface area contributed by atoms with E-state index in [1.54, 1.807) is 0 Å². The van der Waals surface area contributed by atoms with Crippen LogP contribution in [0.3, 0.4) is 0 Å². The number of hydrogen-bond acceptors (Lipinski definition) is 1. The summed E-state index contributed by atoms with van der Waals surface area (Å²) >= 11 is 0. The summed E-state index contributed by atoms with van der Waals surface area (Å²) in [6.07, 6.45) is 4.30. The maximum absolute atomic E-state index is 2.98. The second kappa shape index (κ2) is 2.21. The first kappa shape index (κ1) is 6.12. The van der Waals surface area contributed by atoms with E-state index in [1.165, 1.54) is 32.4 Å². The first-order valence-corrected chi connectivity index (χ1v) is 4.54. The first-order valence-electron chi connectivity index (χ1n) is 3.87. The fourth-order valence-electron chi connectivity index (χ4n) is 2.12. The van der Waals surface area contributed by atoms with Gasteiger partial charge in [0.05, 0.1) is 0 Å². The summed E-state index contributed by atoms with van der Waals surface area (Å²) in [5.41, 5.74) is 0.910. The molecule has 0 amide bonds. The van der Waals surface area contributed by atoms with Gasteiger partial charge in [0.25, 0.3) is 0 Å². The van der Waals surface area contributed by atoms with Gasteiger partial charge in [0, 0.05) is 6.04 Å². The molecule has 2 heterocycles. The molecule has 2 aliphatic heterocycles. The van der Waals surface area contributed by atoms with E-state index in [1.807, 2.05) is 0 Å². The molecule has 0 aromatic carbocycles. The van der Waals surface area contributed by atoms with Crippen LogP contribution in [0.5, 0.6) is 0 Å². The minimum Gasteiger partial charge on any atom is -0.300 e. The van der Waals surface area contributed by atoms with Gasteiger partial charge in [-0.25, -0.2) is 0 Å². The fraction of sp³-hybridized carbons (Fsp3) is 1.00. The highest BCUT2D eigenvalue weighted by atomic mass is 31.0. The lowest BCUT2D eigenvalue weighted by molar-refractivity contribution is 0.327. The summed E-state index contributed by atoms with van der Waals surface area (Å²) in [5.74, 6) is 0. The Morgan fingerprint density at radius 2 is 2.11 bits per heavy atom. The van der Waals surface area contributed by atoms with E-state index in [9.17, 15) is 0 Å². The Hall–Kier alpha value is 0.390. The molecule has 0 N–H and O–H groups in total. The zero-order valence-corrected chi connectivity index (χ0v) is 6.87. The highest BCUT2D eigenvalue weighted by Gasteiger charge is 2.34. The van der Waals surface area contributed by atoms with Gasteiger partial charge in [-0.05, 0) is 38.0 Å². The minimum atomic E-state index is 0.910. The van der Waals surface area contributed by atoms with Crippen LogP contribution in [0.1, 0.15) is 19.3 Å². The zero-order valence-electron chi connectivity index (χ0n) is 5.71. The number of hydrogen-bond donors (Lipinski definition) is 0. The minimum absolute atomic E-state index is 0.910. The van der Waals surface area contributed by atoms with Crippen LogP contribution < -0.4 is 0 Å². The van der Waals surface area contributed by atoms with E-state index in [0.29, 0.717) is 0 Å². The van der Waals surface area contributed by atoms with Gasteiger partial charge in [-0.15, -0.1) is 9.24 Å². The lowest BCUT2D eigenvalue weighted by Crippen LogP contribution is -2.25. The van der Waals surface area contributed by atoms with E-state index in [0.717, 1.165) is 11.7 Å². The van der Waals surface area contributed by atoms with Crippen molar-refractivity contribution in [2.24, 2.45) is 0 Å². The van der Waals surface area contributed by atoms with Gasteiger partial charge in [-0.1, -0.05) is 0 Å². The zero-order chi connectivity index (χ0) is 6.27. The SMILES string of the molecule is PC1CCN2CCCC12. The number of nitrogens with zero attached hydrogens (tertiary/aromatic N) is 1. The van der Waals surface area contributed by atoms with Crippen molar-refractivity contribution in [1.82, 2.24) is 4.90 Å². The Balaban J connectivity index is 2.07. The van der Waals surface area contributed by atoms with Gasteiger partial charge in [-0.3, -0.25) is 4.90 Å². The molecule has 3 unspecified atom stereocenters. The lowest BCUT2D eigenvalue weighted by Gasteiger charge is -2.15. The van der Waals surface area contributed by atoms with Crippen molar-refractivity contribution in [2.45, 2.75) is 31.0 Å². The molecule has 2 aliphatic rings. The molecular formula is C7H14NP. The first-order chi connectivity index (χ1) is 4.38. The molecule has 2 rings (SSSR count). The van der Waals surface area contributed by atoms with Gasteiger partial charge in [0.2, 0.25) is 0 Å². The van der Waals surface area contributed by atoms with Crippen LogP contribution in [0.2, 0.25) is 0 Å². The van der Waals surface area contributed by atoms with Crippen LogP contribution in [0.4, 0.5) is 0 Å². The summed E-state index contributed by atoms with van der Waals surface area (Å²) in [6.45, 7) is 2.73. The summed E-state index contributed by atoms with van der Waals surface area (Å²) < 4.78 is 0. The normalized spacial score (nSPS) is 43.7. The fourth-order valence-corrected chi connectivity index (χ4v) is 2.71. The Morgan fingerprint density at radius 1 is 1.22 bits per heavy atom. The molecule has 0 bridgehead atoms. The quantitative estimate of drug-likeness (QED) is 0.459. The molecule has 3 atom stereocenters. The summed E-state index contributed by atoms with van der Waals surface area (Å²) in [4.78, 5) is 2.64. The van der Waals surface area contributed by atoms with E-state index >= 15 is 0 Å². The van der Waals surface area contributed by atoms with Gasteiger partial charge in [-0.2, -0.15) is 0 Å². The van der Waals surface area contributed by atoms with Gasteiger partial charge < -0.3 is 0 Å². The Kier molecular flexibility index (Phi) is 1.51. The van der Waals surface area contributed by atoms with E-state index in [-0.39, 0.29) is 0 Å². The summed E-state index contributed by atoms with van der Waals surface area (Å²) in [5, 5.41) is 0. The maximum Gasteiger partial charge on any atom is 0.0159 e. The summed E-state index contributed by atoms with van der Waals surface area (Å²) in [7, 11) is 2.98. The van der Waals surface area contributed by atoms with E-state index < -0.39 is 0 Å². The molecule has 0 saturated carbocycles. The standard InChI is InChI=1S/C7H14NP/c9-7-3-5-8-4-1-2-6(7)8/h6-7H,1-5,9H2. The molecule has 0 radical (unpaired) electrons. The largest absolute Gasteiger partial charge is 0.300 e. The molecule has 2 fully saturated rings. The van der Waals surface area contributed by atoms with Crippen LogP contribution in [0.15, 0.2) is 0 Å². The second-order valence-corrected chi connectivity index (χ2v) is 4.05. The highest BCUT2D eigenvalue weighted by molar-refractivity contribution is 7.17. The Bertz CT molecular complexity index is 115. The smallest absolute Gasteiger partial charge is 0.0159 e. The van der Waals surface area contributed by atoms with Crippen molar-refractivity contribution in [3.05, 3.63) is 0 Å². The predicted molar refractivity (Wildman–Crippen MR) is 42.7 cm³/mol. The Morgan fingerprint density at radius 3 is 2.89 bits per heavy atom. The number of rotatable bonds is 0. The molecular weight excluding hydrogens is 129 g/mol. The third kappa shape index (κ3) is 0.911. The highest BCUT2D eigenvalue weighted by Crippen LogP contribution is 2.32. The predicted octanol–water partition coefficient (Wildman–Crippen LogP) is 1.10. The van der Waals surface area contributed by atoms with Crippen molar-refractivity contribution in [3.63, 3.8) is 0 Å². The van der Waals surface area contributed by atoms with Gasteiger partial charge >= 0.3 is 0 Å². The average molecular weight is 143 g/mol. The lowest BCUT2D eigenvalue weighted by atomic mass is 10.1. The summed E-state index contributed by atoms with van der Waals surface area (Å²) in [6, 6.07) is 0.940. The molecule has 1 nitrogen and oxygen atoms in total. The molecule has 2 saturated heterocycles. The molecule has 52 valence electrons. The number of fused-ring (bicyclic) bond motifs is 1. The molecule has 2 heteroatoms. The third-order valence-electron chi connectivity index (χ3n) is 2.66. The maximum atomic E-state index is 2.98. The topological polar surface area (TPSA) is 3.24 Å². The van der Waals surface area contributed by atoms with Gasteiger partial charge in [0.1, 0.15) is 0 Å². The second-order valence-electron chi connectivity index (χ2n) is 3.20. The van der Waals surface area contributed by atoms with Crippen LogP contribution in [-0.4, -0.2) is 29.7 Å². The molecule has 0 aliphatic carbocycles. The Labute approximate surface area is 59.0 Å². The van der Waals surface area contributed by atoms with Crippen molar-refractivity contribution >= 4 is 9.24 Å².